The first-order valence-electron chi connectivity index (χ1n) is 6.01. The van der Waals surface area contributed by atoms with E-state index in [0.717, 1.165) is 0 Å². The number of hydrogen-bond donors (Lipinski definition) is 1. The summed E-state index contributed by atoms with van der Waals surface area (Å²) in [5, 5.41) is 2.27. The normalized spacial score (nSPS) is 18.8. The molecular formula is C13H12N3O3Rf-. The fourth-order valence-corrected chi connectivity index (χ4v) is 2.47. The minimum atomic E-state index is -0.635. The van der Waals surface area contributed by atoms with Crippen LogP contribution < -0.4 is 11.0 Å². The third-order valence-electron chi connectivity index (χ3n) is 3.42. The van der Waals surface area contributed by atoms with Crippen molar-refractivity contribution in [3.8, 4) is 0 Å². The van der Waals surface area contributed by atoms with Crippen LogP contribution in [0.25, 0.3) is 11.0 Å². The van der Waals surface area contributed by atoms with Gasteiger partial charge in [-0.05, 0) is 17.5 Å². The molecule has 1 saturated heterocycles. The molecule has 1 atom stereocenters. The summed E-state index contributed by atoms with van der Waals surface area (Å²) in [6, 6.07) is 7.61. The van der Waals surface area contributed by atoms with Crippen molar-refractivity contribution in [2.45, 2.75) is 18.9 Å². The second kappa shape index (κ2) is 4.38. The van der Waals surface area contributed by atoms with Crippen molar-refractivity contribution in [2.75, 3.05) is 0 Å². The van der Waals surface area contributed by atoms with Crippen molar-refractivity contribution in [3.63, 3.8) is 0 Å². The van der Waals surface area contributed by atoms with Gasteiger partial charge in [-0.25, -0.2) is 4.79 Å². The molecule has 1 N–H and O–H groups in total. The number of imidazole rings is 1. The zero-order valence-corrected chi connectivity index (χ0v) is 17.4. The number of amides is 2. The summed E-state index contributed by atoms with van der Waals surface area (Å²) >= 11 is 0. The SMILES string of the molecule is Cn1c(=O)n(C2CCC(=O)NC2=O)c2ccc[c-]c21.[Rf]. The fraction of sp³-hybridized carbons (Fsp3) is 0.308. The number of aryl methyl sites for hydroxylation is 1. The molecule has 1 aliphatic rings. The Kier molecular flexibility index (Phi) is 2.86. The molecule has 0 spiro atoms. The first kappa shape index (κ1) is 13.1. The predicted molar refractivity (Wildman–Crippen MR) is 67.4 cm³/mol. The minimum Gasteiger partial charge on any atom is -0.334 e. The third-order valence-corrected chi connectivity index (χ3v) is 3.42. The first-order chi connectivity index (χ1) is 9.09. The molecule has 2 heterocycles. The summed E-state index contributed by atoms with van der Waals surface area (Å²) in [5.74, 6) is -0.712. The molecule has 0 bridgehead atoms. The molecule has 1 fully saturated rings. The smallest absolute Gasteiger partial charge is 0.316 e. The molecular weight excluding hydrogens is 513 g/mol. The van der Waals surface area contributed by atoms with Crippen LogP contribution in [-0.4, -0.2) is 20.9 Å². The topological polar surface area (TPSA) is 73.1 Å². The monoisotopic (exact) mass is 525 g/mol. The van der Waals surface area contributed by atoms with E-state index in [0.29, 0.717) is 17.5 Å². The van der Waals surface area contributed by atoms with Crippen molar-refractivity contribution < 1.29 is 9.59 Å². The van der Waals surface area contributed by atoms with E-state index >= 15 is 0 Å². The summed E-state index contributed by atoms with van der Waals surface area (Å²) in [6.45, 7) is 0. The van der Waals surface area contributed by atoms with Crippen molar-refractivity contribution in [1.82, 2.24) is 14.5 Å². The molecule has 20 heavy (non-hydrogen) atoms. The standard InChI is InChI=1S/C13H12N3O3.Rf/c1-15-8-4-2-3-5-9(8)16(13(15)19)10-6-7-11(17)14-12(10)18;/h2-3,5,10H,6-7H2,1H3,(H,14,17,18);/q-1;. The third kappa shape index (κ3) is 1.65. The van der Waals surface area contributed by atoms with Crippen molar-refractivity contribution in [1.29, 1.82) is 0 Å². The van der Waals surface area contributed by atoms with Gasteiger partial charge in [0.25, 0.3) is 0 Å². The molecule has 1 aromatic heterocycles. The average Bonchev–Trinajstić information content (AvgIpc) is 2.64. The Morgan fingerprint density at radius 1 is 1.35 bits per heavy atom. The van der Waals surface area contributed by atoms with Crippen LogP contribution in [0.15, 0.2) is 23.0 Å². The van der Waals surface area contributed by atoms with Gasteiger partial charge in [0.2, 0.25) is 11.8 Å². The zero-order valence-electron chi connectivity index (χ0n) is 11.0. The Balaban J connectivity index is 0.00000147. The quantitative estimate of drug-likeness (QED) is 0.425. The van der Waals surface area contributed by atoms with Gasteiger partial charge in [0.05, 0.1) is 0 Å². The Hall–Kier alpha value is -3.37. The van der Waals surface area contributed by atoms with Gasteiger partial charge in [-0.1, -0.05) is 0 Å². The molecule has 0 radical (unpaired) electrons. The van der Waals surface area contributed by atoms with Crippen LogP contribution in [-0.2, 0) is 16.6 Å². The molecule has 100 valence electrons. The van der Waals surface area contributed by atoms with E-state index in [2.05, 4.69) is 11.4 Å². The van der Waals surface area contributed by atoms with Crippen molar-refractivity contribution in [2.24, 2.45) is 7.05 Å². The second-order valence-corrected chi connectivity index (χ2v) is 4.58. The van der Waals surface area contributed by atoms with Gasteiger partial charge in [0, 0.05) is 13.5 Å². The van der Waals surface area contributed by atoms with Crippen molar-refractivity contribution in [3.05, 3.63) is 34.7 Å². The van der Waals surface area contributed by atoms with Gasteiger partial charge < -0.3 is 9.13 Å². The minimum absolute atomic E-state index is 0. The molecule has 1 aromatic carbocycles. The van der Waals surface area contributed by atoms with Crippen LogP contribution in [0, 0.1) is 6.07 Å². The largest absolute Gasteiger partial charge is 0.334 e. The average molecular weight is 525 g/mol. The molecule has 3 rings (SSSR count). The number of nitrogens with one attached hydrogen (secondary N) is 1. The molecule has 0 saturated carbocycles. The van der Waals surface area contributed by atoms with Gasteiger partial charge >= 0.3 is 5.69 Å². The molecule has 6 nitrogen and oxygen atoms in total. The number of carbonyl (C=O) groups excluding carboxylic acids is 2. The van der Waals surface area contributed by atoms with E-state index in [1.165, 1.54) is 9.13 Å². The number of carbonyl (C=O) groups is 2. The zero-order chi connectivity index (χ0) is 13.6. The van der Waals surface area contributed by atoms with E-state index in [1.54, 1.807) is 25.2 Å². The van der Waals surface area contributed by atoms with E-state index in [1.807, 2.05) is 0 Å². The van der Waals surface area contributed by atoms with Gasteiger partial charge in [-0.3, -0.25) is 14.9 Å². The first-order valence-corrected chi connectivity index (χ1v) is 6.01. The van der Waals surface area contributed by atoms with Crippen LogP contribution in [0.1, 0.15) is 18.9 Å². The number of piperidine rings is 1. The van der Waals surface area contributed by atoms with Crippen molar-refractivity contribution >= 4 is 22.8 Å². The summed E-state index contributed by atoms with van der Waals surface area (Å²) in [7, 11) is 1.64. The molecule has 0 aliphatic carbocycles. The van der Waals surface area contributed by atoms with E-state index in [4.69, 9.17) is 0 Å². The molecule has 1 aliphatic heterocycles. The van der Waals surface area contributed by atoms with Crippen LogP contribution in [0.4, 0.5) is 0 Å². The predicted octanol–water partition coefficient (Wildman–Crippen LogP) is 0.118. The number of nitrogens with zero attached hydrogens (tertiary/aromatic N) is 2. The van der Waals surface area contributed by atoms with E-state index in [-0.39, 0.29) is 18.0 Å². The van der Waals surface area contributed by atoms with E-state index in [9.17, 15) is 14.4 Å². The van der Waals surface area contributed by atoms with Crippen LogP contribution in [0.5, 0.6) is 0 Å². The molecule has 1 unspecified atom stereocenters. The van der Waals surface area contributed by atoms with Crippen LogP contribution >= 0.6 is 0 Å². The number of imide groups is 1. The number of fused-ring (bicyclic) bond motifs is 1. The van der Waals surface area contributed by atoms with Gasteiger partial charge in [-0.2, -0.15) is 18.2 Å². The summed E-state index contributed by atoms with van der Waals surface area (Å²) < 4.78 is 2.90. The maximum Gasteiger partial charge on any atom is 0.316 e. The van der Waals surface area contributed by atoms with Gasteiger partial charge in [-0.15, -0.1) is 6.07 Å². The summed E-state index contributed by atoms with van der Waals surface area (Å²) in [4.78, 5) is 35.3. The molecule has 2 aromatic rings. The molecule has 7 heteroatoms. The summed E-state index contributed by atoms with van der Waals surface area (Å²) in [5.41, 5.74) is 1.04. The number of hydrogen-bond acceptors (Lipinski definition) is 3. The van der Waals surface area contributed by atoms with E-state index < -0.39 is 11.9 Å². The number of benzene rings is 1. The number of rotatable bonds is 1. The fourth-order valence-electron chi connectivity index (χ4n) is 2.47. The van der Waals surface area contributed by atoms with Crippen LogP contribution in [0.3, 0.4) is 0 Å². The van der Waals surface area contributed by atoms with Gasteiger partial charge in [0.1, 0.15) is 6.04 Å². The summed E-state index contributed by atoms with van der Waals surface area (Å²) in [6.07, 6.45) is 0.592. The Labute approximate surface area is 108 Å². The van der Waals surface area contributed by atoms with Crippen LogP contribution in [0.2, 0.25) is 0 Å². The Morgan fingerprint density at radius 3 is 2.80 bits per heavy atom. The maximum absolute atomic E-state index is 12.3. The number of para-hydroxylation sites is 1. The maximum atomic E-state index is 12.3. The second-order valence-electron chi connectivity index (χ2n) is 4.58. The molecule has 2 amide bonds. The Bertz CT molecular complexity index is 747. The van der Waals surface area contributed by atoms with Gasteiger partial charge in [0.15, 0.2) is 0 Å². The Morgan fingerprint density at radius 2 is 2.10 bits per heavy atom. The number of aromatic nitrogens is 2.